The van der Waals surface area contributed by atoms with Gasteiger partial charge in [0.2, 0.25) is 18.6 Å². The number of hydrogen-bond acceptors (Lipinski definition) is 10. The maximum absolute atomic E-state index is 13.4. The number of nitrogens with zero attached hydrogens (tertiary/aromatic N) is 3. The number of halogens is 1. The summed E-state index contributed by atoms with van der Waals surface area (Å²) in [5.74, 6) is -0.739. The van der Waals surface area contributed by atoms with Crippen LogP contribution in [0.4, 0.5) is 5.69 Å². The molecule has 4 aromatic rings. The van der Waals surface area contributed by atoms with E-state index in [4.69, 9.17) is 14.2 Å². The number of nitriles is 1. The first kappa shape index (κ1) is 29.1. The van der Waals surface area contributed by atoms with Gasteiger partial charge in [0.1, 0.15) is 11.1 Å². The molecule has 0 N–H and O–H groups in total. The molecule has 1 saturated heterocycles. The topological polar surface area (TPSA) is 136 Å². The number of ether oxygens (including phenoxy) is 3. The average Bonchev–Trinajstić information content (AvgIpc) is 3.62. The van der Waals surface area contributed by atoms with E-state index < -0.39 is 29.6 Å². The van der Waals surface area contributed by atoms with Gasteiger partial charge in [-0.25, -0.2) is 14.7 Å². The van der Waals surface area contributed by atoms with Crippen LogP contribution in [0, 0.1) is 11.3 Å². The van der Waals surface area contributed by atoms with E-state index in [9.17, 15) is 24.4 Å². The van der Waals surface area contributed by atoms with Crippen LogP contribution in [0.15, 0.2) is 88.4 Å². The predicted octanol–water partition coefficient (Wildman–Crippen LogP) is 5.58. The number of rotatable bonds is 8. The first-order chi connectivity index (χ1) is 21.3. The van der Waals surface area contributed by atoms with E-state index in [-0.39, 0.29) is 35.8 Å². The molecule has 0 bridgehead atoms. The van der Waals surface area contributed by atoms with E-state index in [2.05, 4.69) is 27.0 Å². The fourth-order valence-corrected chi connectivity index (χ4v) is 5.97. The minimum atomic E-state index is -0.802. The number of amides is 2. The molecule has 2 aliphatic heterocycles. The highest BCUT2D eigenvalue weighted by Crippen LogP contribution is 2.38. The monoisotopic (exact) mass is 669 g/mol. The number of thioether (sulfide) groups is 1. The Morgan fingerprint density at radius 3 is 2.45 bits per heavy atom. The number of esters is 1. The van der Waals surface area contributed by atoms with Gasteiger partial charge in [0.15, 0.2) is 23.9 Å². The number of carbonyl (C=O) groups excluding carboxylic acids is 4. The highest BCUT2D eigenvalue weighted by molar-refractivity contribution is 9.10. The van der Waals surface area contributed by atoms with Crippen LogP contribution in [0.5, 0.6) is 11.5 Å². The summed E-state index contributed by atoms with van der Waals surface area (Å²) in [6.07, 6.45) is -0.0910. The molecule has 2 aliphatic rings. The van der Waals surface area contributed by atoms with Crippen molar-refractivity contribution in [2.24, 2.45) is 0 Å². The number of pyridine rings is 1. The smallest absolute Gasteiger partial charge is 0.338 e. The lowest BCUT2D eigenvalue weighted by Crippen LogP contribution is -2.31. The standard InChI is InChI=1S/C32H20BrN3O7S/c33-22-7-1-18(2-8-22)25(37)16-41-32(40)19-3-9-23(10-4-19)36-29(38)14-28(31(36)39)44-30-21(15-34)5-11-24(35-30)20-6-12-26-27(13-20)43-17-42-26/h1-13,28H,14,16-17H2. The first-order valence-electron chi connectivity index (χ1n) is 13.2. The Balaban J connectivity index is 1.13. The highest BCUT2D eigenvalue weighted by atomic mass is 79.9. The molecule has 0 saturated carbocycles. The average molecular weight is 670 g/mol. The number of carbonyl (C=O) groups is 4. The Bertz CT molecular complexity index is 1860. The Morgan fingerprint density at radius 1 is 0.977 bits per heavy atom. The fraction of sp³-hybridized carbons (Fsp3) is 0.125. The summed E-state index contributed by atoms with van der Waals surface area (Å²) in [6.45, 7) is -0.297. The summed E-state index contributed by atoms with van der Waals surface area (Å²) in [4.78, 5) is 56.8. The van der Waals surface area contributed by atoms with Crippen molar-refractivity contribution in [2.45, 2.75) is 16.7 Å². The van der Waals surface area contributed by atoms with Gasteiger partial charge in [0.05, 0.1) is 27.8 Å². The zero-order valence-corrected chi connectivity index (χ0v) is 25.1. The minimum absolute atomic E-state index is 0.0910. The molecule has 3 aromatic carbocycles. The molecule has 0 spiro atoms. The van der Waals surface area contributed by atoms with Crippen LogP contribution in [0.2, 0.25) is 0 Å². The van der Waals surface area contributed by atoms with Gasteiger partial charge < -0.3 is 14.2 Å². The second kappa shape index (κ2) is 12.3. The molecule has 1 fully saturated rings. The number of benzene rings is 3. The molecule has 0 aliphatic carbocycles. The number of imide groups is 1. The van der Waals surface area contributed by atoms with E-state index >= 15 is 0 Å². The maximum Gasteiger partial charge on any atom is 0.338 e. The number of fused-ring (bicyclic) bond motifs is 1. The number of ketones is 1. The van der Waals surface area contributed by atoms with E-state index in [1.165, 1.54) is 24.3 Å². The molecule has 1 atom stereocenters. The van der Waals surface area contributed by atoms with Gasteiger partial charge in [0, 0.05) is 22.0 Å². The van der Waals surface area contributed by atoms with Gasteiger partial charge in [0.25, 0.3) is 0 Å². The minimum Gasteiger partial charge on any atom is -0.454 e. The quantitative estimate of drug-likeness (QED) is 0.133. The molecule has 12 heteroatoms. The predicted molar refractivity (Wildman–Crippen MR) is 162 cm³/mol. The molecule has 0 radical (unpaired) electrons. The summed E-state index contributed by atoms with van der Waals surface area (Å²) in [5.41, 5.74) is 2.44. The summed E-state index contributed by atoms with van der Waals surface area (Å²) in [5, 5.41) is 9.20. The third kappa shape index (κ3) is 5.92. The van der Waals surface area contributed by atoms with E-state index in [0.717, 1.165) is 26.7 Å². The summed E-state index contributed by atoms with van der Waals surface area (Å²) in [7, 11) is 0. The Kier molecular flexibility index (Phi) is 8.15. The van der Waals surface area contributed by atoms with Gasteiger partial charge in [-0.1, -0.05) is 39.8 Å². The van der Waals surface area contributed by atoms with Crippen LogP contribution in [0.1, 0.15) is 32.7 Å². The van der Waals surface area contributed by atoms with Crippen LogP contribution in [0.25, 0.3) is 11.3 Å². The number of Topliss-reactive ketones (excluding diaryl/α,β-unsaturated/α-hetero) is 1. The van der Waals surface area contributed by atoms with Crippen molar-refractivity contribution in [3.8, 4) is 28.8 Å². The Hall–Kier alpha value is -4.99. The van der Waals surface area contributed by atoms with Crippen molar-refractivity contribution in [3.63, 3.8) is 0 Å². The third-order valence-electron chi connectivity index (χ3n) is 6.87. The molecule has 218 valence electrons. The van der Waals surface area contributed by atoms with Crippen LogP contribution in [-0.2, 0) is 14.3 Å². The lowest BCUT2D eigenvalue weighted by molar-refractivity contribution is -0.121. The van der Waals surface area contributed by atoms with E-state index in [1.54, 1.807) is 48.5 Å². The lowest BCUT2D eigenvalue weighted by atomic mass is 10.1. The van der Waals surface area contributed by atoms with Gasteiger partial charge in [-0.15, -0.1) is 0 Å². The van der Waals surface area contributed by atoms with Crippen molar-refractivity contribution in [1.29, 1.82) is 5.26 Å². The first-order valence-corrected chi connectivity index (χ1v) is 14.9. The third-order valence-corrected chi connectivity index (χ3v) is 8.59. The number of anilines is 1. The van der Waals surface area contributed by atoms with Crippen LogP contribution >= 0.6 is 27.7 Å². The zero-order valence-electron chi connectivity index (χ0n) is 22.7. The van der Waals surface area contributed by atoms with Gasteiger partial charge in [-0.3, -0.25) is 14.4 Å². The molecule has 3 heterocycles. The van der Waals surface area contributed by atoms with Crippen molar-refractivity contribution < 1.29 is 33.4 Å². The molecule has 6 rings (SSSR count). The Labute approximate surface area is 263 Å². The highest BCUT2D eigenvalue weighted by Gasteiger charge is 2.41. The van der Waals surface area contributed by atoms with E-state index in [0.29, 0.717) is 27.8 Å². The molecule has 44 heavy (non-hydrogen) atoms. The van der Waals surface area contributed by atoms with Gasteiger partial charge in [-0.2, -0.15) is 5.26 Å². The maximum atomic E-state index is 13.4. The normalized spacial score (nSPS) is 15.3. The van der Waals surface area contributed by atoms with Crippen LogP contribution < -0.4 is 14.4 Å². The molecule has 1 unspecified atom stereocenters. The zero-order chi connectivity index (χ0) is 30.8. The summed E-state index contributed by atoms with van der Waals surface area (Å²) >= 11 is 4.36. The van der Waals surface area contributed by atoms with Crippen molar-refractivity contribution in [2.75, 3.05) is 18.3 Å². The van der Waals surface area contributed by atoms with Crippen molar-refractivity contribution >= 4 is 56.9 Å². The van der Waals surface area contributed by atoms with Gasteiger partial charge >= 0.3 is 5.97 Å². The summed E-state index contributed by atoms with van der Waals surface area (Å²) < 4.78 is 16.8. The van der Waals surface area contributed by atoms with Crippen molar-refractivity contribution in [3.05, 3.63) is 100 Å². The fourth-order valence-electron chi connectivity index (χ4n) is 4.61. The Morgan fingerprint density at radius 2 is 1.70 bits per heavy atom. The second-order valence-corrected chi connectivity index (χ2v) is 11.8. The molecule has 1 aromatic heterocycles. The van der Waals surface area contributed by atoms with E-state index in [1.807, 2.05) is 6.07 Å². The number of hydrogen-bond donors (Lipinski definition) is 0. The largest absolute Gasteiger partial charge is 0.454 e. The van der Waals surface area contributed by atoms with Crippen molar-refractivity contribution in [1.82, 2.24) is 4.98 Å². The molecule has 2 amide bonds. The van der Waals surface area contributed by atoms with Crippen LogP contribution in [-0.4, -0.2) is 47.2 Å². The second-order valence-electron chi connectivity index (χ2n) is 9.66. The SMILES string of the molecule is N#Cc1ccc(-c2ccc3c(c2)OCO3)nc1SC1CC(=O)N(c2ccc(C(=O)OCC(=O)c3ccc(Br)cc3)cc2)C1=O. The molecule has 10 nitrogen and oxygen atoms in total. The summed E-state index contributed by atoms with van der Waals surface area (Å²) in [6, 6.07) is 23.3. The van der Waals surface area contributed by atoms with Gasteiger partial charge in [-0.05, 0) is 66.7 Å². The lowest BCUT2D eigenvalue weighted by Gasteiger charge is -2.15. The molecular formula is C32H20BrN3O7S. The number of aromatic nitrogens is 1. The van der Waals surface area contributed by atoms with Crippen LogP contribution in [0.3, 0.4) is 0 Å². The molecular weight excluding hydrogens is 650 g/mol.